The Hall–Kier alpha value is -3.59. The van der Waals surface area contributed by atoms with E-state index >= 15 is 0 Å². The Bertz CT molecular complexity index is 1260. The number of hydrogen-bond donors (Lipinski definition) is 1. The third-order valence-corrected chi connectivity index (χ3v) is 5.35. The highest BCUT2D eigenvalue weighted by molar-refractivity contribution is 5.74. The lowest BCUT2D eigenvalue weighted by molar-refractivity contribution is 0.110. The second kappa shape index (κ2) is 7.34. The van der Waals surface area contributed by atoms with E-state index in [2.05, 4.69) is 51.3 Å². The van der Waals surface area contributed by atoms with E-state index in [0.29, 0.717) is 29.4 Å². The van der Waals surface area contributed by atoms with Gasteiger partial charge in [-0.1, -0.05) is 35.0 Å². The SMILES string of the molecule is Cc1ccc([C@H]2C[C@H](c3noc(Cn4c(N)nc5ncccc5c4=O)n3)CO2)cc1. The maximum Gasteiger partial charge on any atom is 0.264 e. The number of ether oxygens (including phenoxy) is 1. The van der Waals surface area contributed by atoms with Crippen LogP contribution in [0.4, 0.5) is 5.95 Å². The third-order valence-electron chi connectivity index (χ3n) is 5.35. The van der Waals surface area contributed by atoms with Crippen LogP contribution in [0.3, 0.4) is 0 Å². The van der Waals surface area contributed by atoms with Crippen molar-refractivity contribution >= 4 is 17.0 Å². The van der Waals surface area contributed by atoms with Crippen molar-refractivity contribution in [1.29, 1.82) is 0 Å². The molecule has 0 radical (unpaired) electrons. The molecule has 4 aromatic rings. The molecule has 3 aromatic heterocycles. The van der Waals surface area contributed by atoms with E-state index in [1.165, 1.54) is 10.1 Å². The van der Waals surface area contributed by atoms with Gasteiger partial charge in [0.1, 0.15) is 6.54 Å². The number of nitrogens with zero attached hydrogens (tertiary/aromatic N) is 5. The van der Waals surface area contributed by atoms with Crippen LogP contribution in [0, 0.1) is 6.92 Å². The number of nitrogens with two attached hydrogens (primary N) is 1. The summed E-state index contributed by atoms with van der Waals surface area (Å²) in [4.78, 5) is 25.5. The fraction of sp³-hybridized carbons (Fsp3) is 0.286. The van der Waals surface area contributed by atoms with Gasteiger partial charge in [0, 0.05) is 12.1 Å². The van der Waals surface area contributed by atoms with Crippen LogP contribution in [0.1, 0.15) is 41.3 Å². The fourth-order valence-electron chi connectivity index (χ4n) is 3.68. The van der Waals surface area contributed by atoms with Crippen LogP contribution in [0.15, 0.2) is 51.9 Å². The molecule has 0 spiro atoms. The summed E-state index contributed by atoms with van der Waals surface area (Å²) in [7, 11) is 0. The van der Waals surface area contributed by atoms with E-state index in [9.17, 15) is 4.79 Å². The highest BCUT2D eigenvalue weighted by Gasteiger charge is 2.31. The number of pyridine rings is 1. The topological polar surface area (TPSA) is 122 Å². The van der Waals surface area contributed by atoms with Gasteiger partial charge in [0.2, 0.25) is 11.8 Å². The molecule has 0 bridgehead atoms. The van der Waals surface area contributed by atoms with Crippen LogP contribution in [0.25, 0.3) is 11.0 Å². The summed E-state index contributed by atoms with van der Waals surface area (Å²) in [5.41, 5.74) is 8.33. The summed E-state index contributed by atoms with van der Waals surface area (Å²) in [5.74, 6) is 0.945. The molecule has 0 unspecified atom stereocenters. The first kappa shape index (κ1) is 18.4. The molecule has 1 aromatic carbocycles. The fourth-order valence-corrected chi connectivity index (χ4v) is 3.68. The Morgan fingerprint density at radius 1 is 1.20 bits per heavy atom. The molecular weight excluding hydrogens is 384 g/mol. The predicted molar refractivity (Wildman–Crippen MR) is 109 cm³/mol. The number of hydrogen-bond acceptors (Lipinski definition) is 8. The second-order valence-corrected chi connectivity index (χ2v) is 7.45. The smallest absolute Gasteiger partial charge is 0.264 e. The molecule has 0 amide bonds. The number of fused-ring (bicyclic) bond motifs is 1. The van der Waals surface area contributed by atoms with Crippen molar-refractivity contribution in [3.05, 3.63) is 75.8 Å². The molecule has 1 fully saturated rings. The predicted octanol–water partition coefficient (Wildman–Crippen LogP) is 2.36. The summed E-state index contributed by atoms with van der Waals surface area (Å²) in [6.07, 6.45) is 2.34. The van der Waals surface area contributed by atoms with Gasteiger partial charge in [0.05, 0.1) is 18.1 Å². The van der Waals surface area contributed by atoms with Gasteiger partial charge in [-0.15, -0.1) is 0 Å². The van der Waals surface area contributed by atoms with E-state index < -0.39 is 0 Å². The lowest BCUT2D eigenvalue weighted by Crippen LogP contribution is -2.25. The van der Waals surface area contributed by atoms with Crippen molar-refractivity contribution < 1.29 is 9.26 Å². The standard InChI is InChI=1S/C21H20N6O3/c1-12-4-6-13(7-5-12)16-9-14(11-29-16)18-24-17(30-26-18)10-27-20(28)15-3-2-8-23-19(15)25-21(27)22/h2-8,14,16H,9-11H2,1H3,(H2,22,23,25)/t14-,16+/m0/s1. The first-order valence-corrected chi connectivity index (χ1v) is 9.70. The van der Waals surface area contributed by atoms with Crippen molar-refractivity contribution in [3.8, 4) is 0 Å². The Balaban J connectivity index is 1.35. The zero-order valence-electron chi connectivity index (χ0n) is 16.4. The minimum absolute atomic E-state index is 0.00741. The number of nitrogen functional groups attached to an aromatic ring is 1. The molecule has 9 heteroatoms. The van der Waals surface area contributed by atoms with Crippen molar-refractivity contribution in [2.75, 3.05) is 12.3 Å². The Kier molecular flexibility index (Phi) is 4.51. The summed E-state index contributed by atoms with van der Waals surface area (Å²) < 4.78 is 12.6. The quantitative estimate of drug-likeness (QED) is 0.550. The van der Waals surface area contributed by atoms with E-state index in [-0.39, 0.29) is 30.1 Å². The van der Waals surface area contributed by atoms with Gasteiger partial charge in [-0.25, -0.2) is 4.98 Å². The monoisotopic (exact) mass is 404 g/mol. The number of benzene rings is 1. The maximum absolute atomic E-state index is 12.7. The average molecular weight is 404 g/mol. The molecule has 2 atom stereocenters. The molecule has 30 heavy (non-hydrogen) atoms. The first-order valence-electron chi connectivity index (χ1n) is 9.70. The van der Waals surface area contributed by atoms with Gasteiger partial charge in [-0.05, 0) is 31.0 Å². The molecule has 9 nitrogen and oxygen atoms in total. The second-order valence-electron chi connectivity index (χ2n) is 7.45. The summed E-state index contributed by atoms with van der Waals surface area (Å²) in [5, 5.41) is 4.49. The van der Waals surface area contributed by atoms with Crippen molar-refractivity contribution in [1.82, 2.24) is 24.7 Å². The number of anilines is 1. The van der Waals surface area contributed by atoms with Crippen LogP contribution in [-0.2, 0) is 11.3 Å². The van der Waals surface area contributed by atoms with E-state index in [0.717, 1.165) is 12.0 Å². The third kappa shape index (κ3) is 3.33. The van der Waals surface area contributed by atoms with Gasteiger partial charge < -0.3 is 15.0 Å². The van der Waals surface area contributed by atoms with E-state index in [1.54, 1.807) is 18.3 Å². The van der Waals surface area contributed by atoms with Crippen LogP contribution in [-0.4, -0.2) is 31.3 Å². The van der Waals surface area contributed by atoms with Crippen LogP contribution < -0.4 is 11.3 Å². The molecule has 1 aliphatic heterocycles. The minimum Gasteiger partial charge on any atom is -0.373 e. The summed E-state index contributed by atoms with van der Waals surface area (Å²) in [6, 6.07) is 11.7. The van der Waals surface area contributed by atoms with Gasteiger partial charge in [0.25, 0.3) is 5.56 Å². The zero-order valence-corrected chi connectivity index (χ0v) is 16.4. The summed E-state index contributed by atoms with van der Waals surface area (Å²) in [6.45, 7) is 2.62. The largest absolute Gasteiger partial charge is 0.373 e. The Morgan fingerprint density at radius 3 is 2.87 bits per heavy atom. The number of rotatable bonds is 4. The average Bonchev–Trinajstić information content (AvgIpc) is 3.41. The van der Waals surface area contributed by atoms with Crippen LogP contribution in [0.2, 0.25) is 0 Å². The lowest BCUT2D eigenvalue weighted by atomic mass is 9.99. The Labute approximate surface area is 171 Å². The van der Waals surface area contributed by atoms with Gasteiger partial charge in [-0.3, -0.25) is 9.36 Å². The molecule has 1 aliphatic rings. The first-order chi connectivity index (χ1) is 14.6. The minimum atomic E-state index is -0.297. The zero-order chi connectivity index (χ0) is 20.7. The molecule has 152 valence electrons. The maximum atomic E-state index is 12.7. The van der Waals surface area contributed by atoms with Crippen LogP contribution in [0.5, 0.6) is 0 Å². The van der Waals surface area contributed by atoms with Gasteiger partial charge >= 0.3 is 0 Å². The molecule has 0 aliphatic carbocycles. The van der Waals surface area contributed by atoms with Crippen LogP contribution >= 0.6 is 0 Å². The number of aromatic nitrogens is 5. The van der Waals surface area contributed by atoms with E-state index in [1.807, 2.05) is 0 Å². The molecule has 4 heterocycles. The molecule has 5 rings (SSSR count). The lowest BCUT2D eigenvalue weighted by Gasteiger charge is -2.09. The Morgan fingerprint density at radius 2 is 2.03 bits per heavy atom. The van der Waals surface area contributed by atoms with Gasteiger partial charge in [-0.2, -0.15) is 9.97 Å². The van der Waals surface area contributed by atoms with Gasteiger partial charge in [0.15, 0.2) is 11.5 Å². The van der Waals surface area contributed by atoms with Crippen molar-refractivity contribution in [2.45, 2.75) is 31.9 Å². The summed E-state index contributed by atoms with van der Waals surface area (Å²) >= 11 is 0. The normalized spacial score (nSPS) is 18.8. The molecule has 0 saturated carbocycles. The van der Waals surface area contributed by atoms with E-state index in [4.69, 9.17) is 15.0 Å². The molecular formula is C21H20N6O3. The van der Waals surface area contributed by atoms with Crippen molar-refractivity contribution in [3.63, 3.8) is 0 Å². The highest BCUT2D eigenvalue weighted by Crippen LogP contribution is 2.37. The van der Waals surface area contributed by atoms with Crippen molar-refractivity contribution in [2.24, 2.45) is 0 Å². The highest BCUT2D eigenvalue weighted by atomic mass is 16.5. The molecule has 2 N–H and O–H groups in total. The molecule has 1 saturated heterocycles. The number of aryl methyl sites for hydroxylation is 1.